The summed E-state index contributed by atoms with van der Waals surface area (Å²) in [5, 5.41) is 2.84. The minimum Gasteiger partial charge on any atom is -0.368 e. The van der Waals surface area contributed by atoms with Crippen LogP contribution in [0.2, 0.25) is 0 Å². The number of nitrogens with zero attached hydrogens (tertiary/aromatic N) is 2. The second-order valence-corrected chi connectivity index (χ2v) is 5.89. The van der Waals surface area contributed by atoms with Gasteiger partial charge in [-0.2, -0.15) is 0 Å². The van der Waals surface area contributed by atoms with Gasteiger partial charge >= 0.3 is 0 Å². The molecule has 2 rings (SSSR count). The molecule has 5 heteroatoms. The van der Waals surface area contributed by atoms with E-state index in [1.165, 1.54) is 18.7 Å². The maximum Gasteiger partial charge on any atom is 0.257 e. The Hall–Kier alpha value is -1.65. The number of nitrogens with one attached hydrogen (secondary N) is 1. The number of hydrogen-bond donors (Lipinski definition) is 1. The standard InChI is InChI=1S/C16H24FN3O/c1-4-18-15-14(17)13(8-9-19-15)16(21)20(3)12-7-5-6-11(2)10-12/h8-9,11-12H,4-7,10H2,1-3H3,(H,18,19). The van der Waals surface area contributed by atoms with E-state index in [0.29, 0.717) is 12.5 Å². The van der Waals surface area contributed by atoms with Crippen LogP contribution < -0.4 is 5.32 Å². The fourth-order valence-corrected chi connectivity index (χ4v) is 3.01. The average Bonchev–Trinajstić information content (AvgIpc) is 2.48. The third kappa shape index (κ3) is 3.52. The molecule has 4 nitrogen and oxygen atoms in total. The summed E-state index contributed by atoms with van der Waals surface area (Å²) < 4.78 is 14.3. The van der Waals surface area contributed by atoms with Crippen molar-refractivity contribution in [2.24, 2.45) is 5.92 Å². The Balaban J connectivity index is 2.17. The number of amides is 1. The highest BCUT2D eigenvalue weighted by atomic mass is 19.1. The highest BCUT2D eigenvalue weighted by Gasteiger charge is 2.28. The van der Waals surface area contributed by atoms with E-state index < -0.39 is 5.82 Å². The van der Waals surface area contributed by atoms with Crippen LogP contribution in [0.5, 0.6) is 0 Å². The van der Waals surface area contributed by atoms with Gasteiger partial charge in [0.2, 0.25) is 0 Å². The Morgan fingerprint density at radius 3 is 2.95 bits per heavy atom. The van der Waals surface area contributed by atoms with Crippen molar-refractivity contribution in [2.45, 2.75) is 45.6 Å². The van der Waals surface area contributed by atoms with Crippen molar-refractivity contribution in [2.75, 3.05) is 18.9 Å². The lowest BCUT2D eigenvalue weighted by atomic mass is 9.86. The predicted molar refractivity (Wildman–Crippen MR) is 81.9 cm³/mol. The smallest absolute Gasteiger partial charge is 0.257 e. The monoisotopic (exact) mass is 293 g/mol. The summed E-state index contributed by atoms with van der Waals surface area (Å²) in [5.41, 5.74) is 0.0988. The summed E-state index contributed by atoms with van der Waals surface area (Å²) in [7, 11) is 1.78. The lowest BCUT2D eigenvalue weighted by Gasteiger charge is -2.34. The van der Waals surface area contributed by atoms with Gasteiger partial charge in [-0.15, -0.1) is 0 Å². The molecule has 2 unspecified atom stereocenters. The largest absolute Gasteiger partial charge is 0.368 e. The molecule has 1 amide bonds. The zero-order chi connectivity index (χ0) is 15.4. The van der Waals surface area contributed by atoms with Crippen LogP contribution in [-0.2, 0) is 0 Å². The first-order valence-corrected chi connectivity index (χ1v) is 7.70. The van der Waals surface area contributed by atoms with E-state index in [-0.39, 0.29) is 23.3 Å². The molecule has 0 bridgehead atoms. The molecule has 1 N–H and O–H groups in total. The van der Waals surface area contributed by atoms with Gasteiger partial charge in [-0.3, -0.25) is 4.79 Å². The molecule has 1 aromatic heterocycles. The van der Waals surface area contributed by atoms with Crippen LogP contribution in [0.1, 0.15) is 49.9 Å². The number of aromatic nitrogens is 1. The van der Waals surface area contributed by atoms with Gasteiger partial charge in [-0.25, -0.2) is 9.37 Å². The van der Waals surface area contributed by atoms with Gasteiger partial charge in [-0.05, 0) is 31.7 Å². The van der Waals surface area contributed by atoms with Gasteiger partial charge in [0.05, 0.1) is 5.56 Å². The molecule has 0 spiro atoms. The number of halogens is 1. The van der Waals surface area contributed by atoms with E-state index in [4.69, 9.17) is 0 Å². The van der Waals surface area contributed by atoms with Crippen molar-refractivity contribution in [3.05, 3.63) is 23.6 Å². The van der Waals surface area contributed by atoms with E-state index in [1.54, 1.807) is 11.9 Å². The fourth-order valence-electron chi connectivity index (χ4n) is 3.01. The van der Waals surface area contributed by atoms with Crippen LogP contribution in [0.25, 0.3) is 0 Å². The van der Waals surface area contributed by atoms with Crippen molar-refractivity contribution in [3.8, 4) is 0 Å². The lowest BCUT2D eigenvalue weighted by molar-refractivity contribution is 0.0667. The average molecular weight is 293 g/mol. The van der Waals surface area contributed by atoms with Crippen molar-refractivity contribution >= 4 is 11.7 Å². The second-order valence-electron chi connectivity index (χ2n) is 5.89. The van der Waals surface area contributed by atoms with Crippen molar-refractivity contribution in [1.29, 1.82) is 0 Å². The maximum atomic E-state index is 14.3. The Labute approximate surface area is 125 Å². The van der Waals surface area contributed by atoms with Crippen molar-refractivity contribution in [3.63, 3.8) is 0 Å². The molecular weight excluding hydrogens is 269 g/mol. The number of carbonyl (C=O) groups is 1. The number of hydrogen-bond acceptors (Lipinski definition) is 3. The second kappa shape index (κ2) is 6.87. The highest BCUT2D eigenvalue weighted by molar-refractivity contribution is 5.95. The molecule has 1 fully saturated rings. The molecule has 1 aliphatic carbocycles. The number of carbonyl (C=O) groups excluding carboxylic acids is 1. The van der Waals surface area contributed by atoms with Gasteiger partial charge in [0.1, 0.15) is 0 Å². The van der Waals surface area contributed by atoms with Gasteiger partial charge in [-0.1, -0.05) is 19.8 Å². The molecule has 1 heterocycles. The summed E-state index contributed by atoms with van der Waals surface area (Å²) in [6.07, 6.45) is 5.82. The minimum absolute atomic E-state index is 0.0988. The topological polar surface area (TPSA) is 45.2 Å². The Bertz CT molecular complexity index is 506. The molecule has 1 aromatic rings. The van der Waals surface area contributed by atoms with E-state index in [0.717, 1.165) is 19.3 Å². The first-order chi connectivity index (χ1) is 10.0. The fraction of sp³-hybridized carbons (Fsp3) is 0.625. The zero-order valence-corrected chi connectivity index (χ0v) is 13.0. The summed E-state index contributed by atoms with van der Waals surface area (Å²) >= 11 is 0. The summed E-state index contributed by atoms with van der Waals surface area (Å²) in [6, 6.07) is 1.66. The van der Waals surface area contributed by atoms with E-state index in [9.17, 15) is 9.18 Å². The molecule has 1 saturated carbocycles. The molecule has 0 aromatic carbocycles. The maximum absolute atomic E-state index is 14.3. The van der Waals surface area contributed by atoms with Crippen molar-refractivity contribution in [1.82, 2.24) is 9.88 Å². The molecule has 1 aliphatic rings. The number of pyridine rings is 1. The first-order valence-electron chi connectivity index (χ1n) is 7.70. The van der Waals surface area contributed by atoms with Crippen LogP contribution in [0.15, 0.2) is 12.3 Å². The summed E-state index contributed by atoms with van der Waals surface area (Å²) in [5.74, 6) is -0.0411. The number of rotatable bonds is 4. The Kier molecular flexibility index (Phi) is 5.15. The molecule has 0 saturated heterocycles. The van der Waals surface area contributed by atoms with Crippen LogP contribution in [-0.4, -0.2) is 35.4 Å². The van der Waals surface area contributed by atoms with E-state index in [2.05, 4.69) is 17.2 Å². The molecule has 0 radical (unpaired) electrons. The van der Waals surface area contributed by atoms with Crippen LogP contribution in [0, 0.1) is 11.7 Å². The summed E-state index contributed by atoms with van der Waals surface area (Å²) in [4.78, 5) is 18.2. The lowest BCUT2D eigenvalue weighted by Crippen LogP contribution is -2.40. The normalized spacial score (nSPS) is 21.9. The van der Waals surface area contributed by atoms with Gasteiger partial charge in [0, 0.05) is 25.8 Å². The predicted octanol–water partition coefficient (Wildman–Crippen LogP) is 3.30. The molecule has 2 atom stereocenters. The van der Waals surface area contributed by atoms with E-state index in [1.807, 2.05) is 6.92 Å². The third-order valence-corrected chi connectivity index (χ3v) is 4.24. The molecular formula is C16H24FN3O. The van der Waals surface area contributed by atoms with Crippen LogP contribution in [0.4, 0.5) is 10.2 Å². The minimum atomic E-state index is -0.556. The van der Waals surface area contributed by atoms with E-state index >= 15 is 0 Å². The van der Waals surface area contributed by atoms with Gasteiger partial charge in [0.15, 0.2) is 11.6 Å². The first kappa shape index (κ1) is 15.7. The van der Waals surface area contributed by atoms with Gasteiger partial charge < -0.3 is 10.2 Å². The quantitative estimate of drug-likeness (QED) is 0.926. The molecule has 21 heavy (non-hydrogen) atoms. The Morgan fingerprint density at radius 2 is 2.29 bits per heavy atom. The highest BCUT2D eigenvalue weighted by Crippen LogP contribution is 2.28. The summed E-state index contributed by atoms with van der Waals surface area (Å²) in [6.45, 7) is 4.64. The molecule has 0 aliphatic heterocycles. The SMILES string of the molecule is CCNc1nccc(C(=O)N(C)C2CCCC(C)C2)c1F. The zero-order valence-electron chi connectivity index (χ0n) is 13.0. The van der Waals surface area contributed by atoms with Crippen LogP contribution >= 0.6 is 0 Å². The number of anilines is 1. The molecule has 116 valence electrons. The third-order valence-electron chi connectivity index (χ3n) is 4.24. The Morgan fingerprint density at radius 1 is 1.52 bits per heavy atom. The van der Waals surface area contributed by atoms with Crippen LogP contribution in [0.3, 0.4) is 0 Å². The van der Waals surface area contributed by atoms with Gasteiger partial charge in [0.25, 0.3) is 5.91 Å². The van der Waals surface area contributed by atoms with Crippen molar-refractivity contribution < 1.29 is 9.18 Å².